The predicted molar refractivity (Wildman–Crippen MR) is 55.2 cm³/mol. The van der Waals surface area contributed by atoms with Gasteiger partial charge in [0, 0.05) is 10.0 Å². The zero-order valence-electron chi connectivity index (χ0n) is 6.88. The first-order valence-electron chi connectivity index (χ1n) is 3.69. The first-order chi connectivity index (χ1) is 6.07. The van der Waals surface area contributed by atoms with Crippen LogP contribution in [0.5, 0.6) is 0 Å². The molecule has 0 N–H and O–H groups in total. The molecule has 5 heteroatoms. The van der Waals surface area contributed by atoms with E-state index in [1.54, 1.807) is 12.1 Å². The van der Waals surface area contributed by atoms with Crippen molar-refractivity contribution in [1.29, 1.82) is 0 Å². The molecular weight excluding hydrogens is 257 g/mol. The molecule has 13 heavy (non-hydrogen) atoms. The fourth-order valence-electron chi connectivity index (χ4n) is 1.06. The summed E-state index contributed by atoms with van der Waals surface area (Å²) < 4.78 is 0.554. The monoisotopic (exact) mass is 263 g/mol. The van der Waals surface area contributed by atoms with Gasteiger partial charge < -0.3 is 0 Å². The third kappa shape index (κ3) is 2.00. The van der Waals surface area contributed by atoms with Crippen LogP contribution < -0.4 is 0 Å². The highest BCUT2D eigenvalue weighted by molar-refractivity contribution is 9.10. The number of hydrogen-bond donors (Lipinski definition) is 0. The summed E-state index contributed by atoms with van der Waals surface area (Å²) in [5.74, 6) is 0. The molecule has 0 spiro atoms. The van der Waals surface area contributed by atoms with Gasteiger partial charge in [-0.05, 0) is 28.4 Å². The minimum absolute atomic E-state index is 0.00135. The molecule has 3 nitrogen and oxygen atoms in total. The topological polar surface area (TPSA) is 43.1 Å². The molecule has 0 saturated heterocycles. The summed E-state index contributed by atoms with van der Waals surface area (Å²) in [5, 5.41) is 10.8. The molecule has 0 aromatic heterocycles. The van der Waals surface area contributed by atoms with Gasteiger partial charge >= 0.3 is 0 Å². The molecule has 0 saturated carbocycles. The third-order valence-corrected chi connectivity index (χ3v) is 2.99. The van der Waals surface area contributed by atoms with E-state index in [9.17, 15) is 10.1 Å². The Morgan fingerprint density at radius 1 is 1.62 bits per heavy atom. The minimum Gasteiger partial charge on any atom is -0.258 e. The number of aryl methyl sites for hydroxylation is 1. The van der Waals surface area contributed by atoms with Crippen molar-refractivity contribution in [1.82, 2.24) is 0 Å². The van der Waals surface area contributed by atoms with Gasteiger partial charge in [-0.25, -0.2) is 0 Å². The van der Waals surface area contributed by atoms with Crippen LogP contribution in [0.4, 0.5) is 5.69 Å². The molecule has 0 aliphatic heterocycles. The van der Waals surface area contributed by atoms with Gasteiger partial charge in [-0.2, -0.15) is 0 Å². The second-order valence-electron chi connectivity index (χ2n) is 2.48. The van der Waals surface area contributed by atoms with Crippen molar-refractivity contribution in [3.05, 3.63) is 37.3 Å². The lowest BCUT2D eigenvalue weighted by Crippen LogP contribution is -1.95. The summed E-state index contributed by atoms with van der Waals surface area (Å²) in [4.78, 5) is 10.2. The maximum Gasteiger partial charge on any atom is 0.292 e. The number of rotatable bonds is 2. The lowest BCUT2D eigenvalue weighted by Gasteiger charge is -2.02. The molecule has 0 heterocycles. The van der Waals surface area contributed by atoms with Crippen molar-refractivity contribution in [2.45, 2.75) is 13.3 Å². The van der Waals surface area contributed by atoms with E-state index in [-0.39, 0.29) is 10.7 Å². The first-order valence-corrected chi connectivity index (χ1v) is 4.86. The molecule has 1 aromatic carbocycles. The molecule has 0 unspecified atom stereocenters. The second-order valence-corrected chi connectivity index (χ2v) is 3.71. The first kappa shape index (κ1) is 10.5. The highest BCUT2D eigenvalue weighted by atomic mass is 79.9. The van der Waals surface area contributed by atoms with Crippen LogP contribution in [0.25, 0.3) is 0 Å². The van der Waals surface area contributed by atoms with Gasteiger partial charge in [-0.1, -0.05) is 24.6 Å². The zero-order chi connectivity index (χ0) is 10.0. The molecule has 0 fully saturated rings. The van der Waals surface area contributed by atoms with Gasteiger partial charge in [0.05, 0.1) is 4.92 Å². The second kappa shape index (κ2) is 4.07. The Kier molecular flexibility index (Phi) is 3.27. The van der Waals surface area contributed by atoms with Crippen LogP contribution in [-0.4, -0.2) is 4.92 Å². The van der Waals surface area contributed by atoms with Crippen molar-refractivity contribution in [3.8, 4) is 0 Å². The summed E-state index contributed by atoms with van der Waals surface area (Å²) in [6.07, 6.45) is 0.601. The third-order valence-electron chi connectivity index (χ3n) is 1.72. The quantitative estimate of drug-likeness (QED) is 0.605. The Balaban J connectivity index is 3.41. The Morgan fingerprint density at radius 2 is 2.23 bits per heavy atom. The van der Waals surface area contributed by atoms with Gasteiger partial charge in [0.15, 0.2) is 0 Å². The average Bonchev–Trinajstić information content (AvgIpc) is 2.08. The predicted octanol–water partition coefficient (Wildman–Crippen LogP) is 3.57. The van der Waals surface area contributed by atoms with Gasteiger partial charge in [0.25, 0.3) is 5.69 Å². The minimum atomic E-state index is -0.452. The smallest absolute Gasteiger partial charge is 0.258 e. The van der Waals surface area contributed by atoms with E-state index in [0.29, 0.717) is 16.5 Å². The van der Waals surface area contributed by atoms with Crippen molar-refractivity contribution in [2.75, 3.05) is 0 Å². The molecule has 1 aromatic rings. The number of hydrogen-bond acceptors (Lipinski definition) is 2. The number of halogens is 2. The van der Waals surface area contributed by atoms with Crippen LogP contribution in [0.1, 0.15) is 12.5 Å². The standard InChI is InChI=1S/C8H7BrClNO2/c1-2-5-3-4-6(9)7(10)8(5)11(12)13/h3-4H,2H2,1H3. The maximum atomic E-state index is 10.7. The number of nitrogens with zero attached hydrogens (tertiary/aromatic N) is 1. The summed E-state index contributed by atoms with van der Waals surface area (Å²) in [5.41, 5.74) is 0.650. The van der Waals surface area contributed by atoms with Gasteiger partial charge in [0.1, 0.15) is 5.02 Å². The van der Waals surface area contributed by atoms with E-state index < -0.39 is 4.92 Å². The Bertz CT molecular complexity index is 354. The molecule has 0 aliphatic carbocycles. The summed E-state index contributed by atoms with van der Waals surface area (Å²) in [7, 11) is 0. The molecule has 0 bridgehead atoms. The van der Waals surface area contributed by atoms with E-state index in [0.717, 1.165) is 0 Å². The number of nitro benzene ring substituents is 1. The molecular formula is C8H7BrClNO2. The van der Waals surface area contributed by atoms with Crippen molar-refractivity contribution >= 4 is 33.2 Å². The van der Waals surface area contributed by atoms with Crippen LogP contribution >= 0.6 is 27.5 Å². The lowest BCUT2D eigenvalue weighted by atomic mass is 10.1. The van der Waals surface area contributed by atoms with E-state index in [1.807, 2.05) is 6.92 Å². The van der Waals surface area contributed by atoms with Crippen LogP contribution in [0.2, 0.25) is 5.02 Å². The van der Waals surface area contributed by atoms with Gasteiger partial charge in [0.2, 0.25) is 0 Å². The van der Waals surface area contributed by atoms with E-state index >= 15 is 0 Å². The SMILES string of the molecule is CCc1ccc(Br)c(Cl)c1[N+](=O)[O-]. The van der Waals surface area contributed by atoms with Crippen molar-refractivity contribution < 1.29 is 4.92 Å². The van der Waals surface area contributed by atoms with Crippen molar-refractivity contribution in [2.24, 2.45) is 0 Å². The highest BCUT2D eigenvalue weighted by Gasteiger charge is 2.19. The number of nitro groups is 1. The van der Waals surface area contributed by atoms with Gasteiger partial charge in [-0.15, -0.1) is 0 Å². The van der Waals surface area contributed by atoms with Crippen LogP contribution in [0.3, 0.4) is 0 Å². The molecule has 1 rings (SSSR count). The van der Waals surface area contributed by atoms with E-state index in [1.165, 1.54) is 0 Å². The van der Waals surface area contributed by atoms with Crippen LogP contribution in [0, 0.1) is 10.1 Å². The fourth-order valence-corrected chi connectivity index (χ4v) is 1.64. The lowest BCUT2D eigenvalue weighted by molar-refractivity contribution is -0.385. The average molecular weight is 265 g/mol. The number of benzene rings is 1. The Hall–Kier alpha value is -0.610. The van der Waals surface area contributed by atoms with Crippen molar-refractivity contribution in [3.63, 3.8) is 0 Å². The summed E-state index contributed by atoms with van der Waals surface area (Å²) in [6, 6.07) is 3.42. The maximum absolute atomic E-state index is 10.7. The fraction of sp³-hybridized carbons (Fsp3) is 0.250. The largest absolute Gasteiger partial charge is 0.292 e. The van der Waals surface area contributed by atoms with Crippen LogP contribution in [0.15, 0.2) is 16.6 Å². The molecule has 0 aliphatic rings. The highest BCUT2D eigenvalue weighted by Crippen LogP contribution is 2.34. The summed E-state index contributed by atoms with van der Waals surface area (Å²) >= 11 is 8.92. The molecule has 70 valence electrons. The molecule has 0 atom stereocenters. The van der Waals surface area contributed by atoms with E-state index in [4.69, 9.17) is 11.6 Å². The summed E-state index contributed by atoms with van der Waals surface area (Å²) in [6.45, 7) is 1.85. The van der Waals surface area contributed by atoms with E-state index in [2.05, 4.69) is 15.9 Å². The molecule has 0 amide bonds. The molecule has 0 radical (unpaired) electrons. The Morgan fingerprint density at radius 3 is 2.69 bits per heavy atom. The van der Waals surface area contributed by atoms with Crippen LogP contribution in [-0.2, 0) is 6.42 Å². The normalized spacial score (nSPS) is 10.1. The zero-order valence-corrected chi connectivity index (χ0v) is 9.22. The van der Waals surface area contributed by atoms with Gasteiger partial charge in [-0.3, -0.25) is 10.1 Å². The Labute approximate surface area is 89.0 Å².